The van der Waals surface area contributed by atoms with Crippen molar-refractivity contribution in [2.75, 3.05) is 0 Å². The second-order valence-electron chi connectivity index (χ2n) is 1.63. The summed E-state index contributed by atoms with van der Waals surface area (Å²) in [5, 5.41) is 0. The third-order valence-electron chi connectivity index (χ3n) is 0.618. The minimum Gasteiger partial charge on any atom is -0.309 e. The van der Waals surface area contributed by atoms with Gasteiger partial charge in [0.25, 0.3) is 0 Å². The van der Waals surface area contributed by atoms with E-state index in [1.807, 2.05) is 6.92 Å². The molecule has 0 saturated carbocycles. The van der Waals surface area contributed by atoms with E-state index in [0.29, 0.717) is 0 Å². The maximum absolute atomic E-state index is 5.37. The number of thiol groups is 2. The molecule has 7 heavy (non-hydrogen) atoms. The third-order valence-corrected chi connectivity index (χ3v) is 1.07. The molecular formula is C4H11NS2. The quantitative estimate of drug-likeness (QED) is 0.388. The van der Waals surface area contributed by atoms with Gasteiger partial charge >= 0.3 is 0 Å². The van der Waals surface area contributed by atoms with Crippen LogP contribution in [0.3, 0.4) is 0 Å². The Morgan fingerprint density at radius 1 is 1.57 bits per heavy atom. The molecule has 0 saturated heterocycles. The van der Waals surface area contributed by atoms with Crippen molar-refractivity contribution in [1.82, 2.24) is 0 Å². The van der Waals surface area contributed by atoms with Crippen molar-refractivity contribution in [3.63, 3.8) is 0 Å². The molecule has 0 atom stereocenters. The second-order valence-corrected chi connectivity index (χ2v) is 3.58. The largest absolute Gasteiger partial charge is 0.309 e. The second kappa shape index (κ2) is 2.84. The van der Waals surface area contributed by atoms with Crippen molar-refractivity contribution in [1.29, 1.82) is 0 Å². The highest BCUT2D eigenvalue weighted by Gasteiger charge is 2.09. The Bertz CT molecular complexity index is 48.1. The van der Waals surface area contributed by atoms with Gasteiger partial charge in [-0.2, -0.15) is 0 Å². The van der Waals surface area contributed by atoms with Crippen LogP contribution < -0.4 is 5.73 Å². The zero-order chi connectivity index (χ0) is 5.91. The molecule has 0 unspecified atom stereocenters. The Hall–Kier alpha value is 0.660. The average molecular weight is 137 g/mol. The summed E-state index contributed by atoms with van der Waals surface area (Å²) in [5.41, 5.74) is 5.37. The fraction of sp³-hybridized carbons (Fsp3) is 1.00. The SMILES string of the molecule is CCCC(N)(S)S. The van der Waals surface area contributed by atoms with Gasteiger partial charge in [0.05, 0.1) is 0 Å². The fourth-order valence-corrected chi connectivity index (χ4v) is 0.815. The van der Waals surface area contributed by atoms with E-state index >= 15 is 0 Å². The number of nitrogens with two attached hydrogens (primary N) is 1. The molecule has 0 aliphatic rings. The topological polar surface area (TPSA) is 26.0 Å². The molecule has 0 spiro atoms. The molecule has 0 heterocycles. The first-order valence-corrected chi connectivity index (χ1v) is 3.19. The molecule has 0 aliphatic carbocycles. The van der Waals surface area contributed by atoms with Crippen LogP contribution in [0.4, 0.5) is 0 Å². The van der Waals surface area contributed by atoms with E-state index in [1.165, 1.54) is 0 Å². The van der Waals surface area contributed by atoms with E-state index in [4.69, 9.17) is 5.73 Å². The lowest BCUT2D eigenvalue weighted by Crippen LogP contribution is -2.24. The van der Waals surface area contributed by atoms with Gasteiger partial charge in [-0.15, -0.1) is 25.3 Å². The maximum Gasteiger partial charge on any atom is 0.103 e. The van der Waals surface area contributed by atoms with Crippen LogP contribution in [0.25, 0.3) is 0 Å². The Balaban J connectivity index is 3.15. The lowest BCUT2D eigenvalue weighted by molar-refractivity contribution is 0.731. The third kappa shape index (κ3) is 6.66. The standard InChI is InChI=1S/C4H11NS2/c1-2-3-4(5,6)7/h6-7H,2-3,5H2,1H3. The molecule has 0 fully saturated rings. The van der Waals surface area contributed by atoms with E-state index in [1.54, 1.807) is 0 Å². The van der Waals surface area contributed by atoms with Crippen molar-refractivity contribution in [3.8, 4) is 0 Å². The van der Waals surface area contributed by atoms with Crippen LogP contribution in [0.15, 0.2) is 0 Å². The summed E-state index contributed by atoms with van der Waals surface area (Å²) in [4.78, 5) is 0. The Morgan fingerprint density at radius 3 is 2.00 bits per heavy atom. The summed E-state index contributed by atoms with van der Waals surface area (Å²) in [6, 6.07) is 0. The molecule has 0 aromatic rings. The van der Waals surface area contributed by atoms with Crippen molar-refractivity contribution in [2.24, 2.45) is 5.73 Å². The first-order chi connectivity index (χ1) is 3.06. The summed E-state index contributed by atoms with van der Waals surface area (Å²) >= 11 is 7.95. The smallest absolute Gasteiger partial charge is 0.103 e. The van der Waals surface area contributed by atoms with Gasteiger partial charge in [0.2, 0.25) is 0 Å². The molecular weight excluding hydrogens is 126 g/mol. The van der Waals surface area contributed by atoms with E-state index < -0.39 is 4.20 Å². The predicted molar refractivity (Wildman–Crippen MR) is 39.8 cm³/mol. The van der Waals surface area contributed by atoms with Gasteiger partial charge in [-0.25, -0.2) is 0 Å². The van der Waals surface area contributed by atoms with Gasteiger partial charge in [0.1, 0.15) is 4.20 Å². The Labute approximate surface area is 55.5 Å². The van der Waals surface area contributed by atoms with E-state index in [2.05, 4.69) is 25.3 Å². The number of hydrogen-bond donors (Lipinski definition) is 3. The summed E-state index contributed by atoms with van der Waals surface area (Å²) in [6.45, 7) is 2.05. The summed E-state index contributed by atoms with van der Waals surface area (Å²) in [5.74, 6) is 0. The molecule has 44 valence electrons. The summed E-state index contributed by atoms with van der Waals surface area (Å²) in [7, 11) is 0. The van der Waals surface area contributed by atoms with Gasteiger partial charge in [-0.1, -0.05) is 13.3 Å². The van der Waals surface area contributed by atoms with E-state index in [0.717, 1.165) is 12.8 Å². The molecule has 0 radical (unpaired) electrons. The molecule has 3 heteroatoms. The predicted octanol–water partition coefficient (Wildman–Crippen LogP) is 1.26. The van der Waals surface area contributed by atoms with Crippen molar-refractivity contribution in [2.45, 2.75) is 24.0 Å². The lowest BCUT2D eigenvalue weighted by atomic mass is 10.3. The Morgan fingerprint density at radius 2 is 2.00 bits per heavy atom. The lowest BCUT2D eigenvalue weighted by Gasteiger charge is -2.13. The van der Waals surface area contributed by atoms with Crippen LogP contribution >= 0.6 is 25.3 Å². The zero-order valence-electron chi connectivity index (χ0n) is 4.39. The highest BCUT2D eigenvalue weighted by Crippen LogP contribution is 2.17. The number of rotatable bonds is 2. The van der Waals surface area contributed by atoms with Crippen molar-refractivity contribution in [3.05, 3.63) is 0 Å². The van der Waals surface area contributed by atoms with Crippen LogP contribution in [0, 0.1) is 0 Å². The molecule has 0 aliphatic heterocycles. The number of hydrogen-bond acceptors (Lipinski definition) is 3. The van der Waals surface area contributed by atoms with Gasteiger partial charge in [-0.05, 0) is 6.42 Å². The summed E-state index contributed by atoms with van der Waals surface area (Å²) in [6.07, 6.45) is 1.88. The van der Waals surface area contributed by atoms with Gasteiger partial charge in [-0.3, -0.25) is 0 Å². The molecule has 1 nitrogen and oxygen atoms in total. The minimum atomic E-state index is -0.561. The molecule has 0 bridgehead atoms. The molecule has 0 aromatic carbocycles. The van der Waals surface area contributed by atoms with Crippen molar-refractivity contribution >= 4 is 25.3 Å². The van der Waals surface area contributed by atoms with E-state index in [-0.39, 0.29) is 0 Å². The van der Waals surface area contributed by atoms with Gasteiger partial charge in [0, 0.05) is 0 Å². The molecule has 0 rings (SSSR count). The van der Waals surface area contributed by atoms with Crippen LogP contribution in [0.1, 0.15) is 19.8 Å². The summed E-state index contributed by atoms with van der Waals surface area (Å²) < 4.78 is -0.561. The highest BCUT2D eigenvalue weighted by atomic mass is 32.2. The van der Waals surface area contributed by atoms with Crippen LogP contribution in [0.5, 0.6) is 0 Å². The monoisotopic (exact) mass is 137 g/mol. The van der Waals surface area contributed by atoms with Crippen LogP contribution in [0.2, 0.25) is 0 Å². The highest BCUT2D eigenvalue weighted by molar-refractivity contribution is 8.00. The average Bonchev–Trinajstić information content (AvgIpc) is 1.30. The molecule has 0 amide bonds. The normalized spacial score (nSPS) is 12.0. The first-order valence-electron chi connectivity index (χ1n) is 2.30. The molecule has 0 aromatic heterocycles. The van der Waals surface area contributed by atoms with Crippen LogP contribution in [-0.4, -0.2) is 4.20 Å². The Kier molecular flexibility index (Phi) is 3.11. The van der Waals surface area contributed by atoms with Gasteiger partial charge < -0.3 is 5.73 Å². The van der Waals surface area contributed by atoms with E-state index in [9.17, 15) is 0 Å². The van der Waals surface area contributed by atoms with Crippen LogP contribution in [-0.2, 0) is 0 Å². The first kappa shape index (κ1) is 7.66. The van der Waals surface area contributed by atoms with Gasteiger partial charge in [0.15, 0.2) is 0 Å². The maximum atomic E-state index is 5.37. The molecule has 2 N–H and O–H groups in total. The van der Waals surface area contributed by atoms with Crippen molar-refractivity contribution < 1.29 is 0 Å². The zero-order valence-corrected chi connectivity index (χ0v) is 6.17. The minimum absolute atomic E-state index is 0.561. The fourth-order valence-electron chi connectivity index (χ4n) is 0.368.